The first kappa shape index (κ1) is 18.7. The Morgan fingerprint density at radius 3 is 2.16 bits per heavy atom. The Balaban J connectivity index is 2.33. The fourth-order valence-corrected chi connectivity index (χ4v) is 2.49. The predicted molar refractivity (Wildman–Crippen MR) is 93.5 cm³/mol. The number of ether oxygens (including phenoxy) is 2. The molecule has 0 saturated carbocycles. The number of Topliss-reactive ketones (excluding diaryl/α,β-unsaturated/α-hetero) is 1. The van der Waals surface area contributed by atoms with Gasteiger partial charge in [-0.3, -0.25) is 4.79 Å². The largest absolute Gasteiger partial charge is 0.494 e. The van der Waals surface area contributed by atoms with Crippen LogP contribution in [0.3, 0.4) is 0 Å². The Hall–Kier alpha value is -2.66. The quantitative estimate of drug-likeness (QED) is 0.589. The van der Waals surface area contributed by atoms with Crippen LogP contribution < -0.4 is 4.74 Å². The number of carbonyl (C=O) groups excluding carboxylic acids is 2. The van der Waals surface area contributed by atoms with E-state index in [1.807, 2.05) is 6.92 Å². The summed E-state index contributed by atoms with van der Waals surface area (Å²) in [5, 5.41) is 11.0. The molecule has 25 heavy (non-hydrogen) atoms. The van der Waals surface area contributed by atoms with Crippen LogP contribution in [0.4, 0.5) is 0 Å². The Morgan fingerprint density at radius 2 is 1.60 bits per heavy atom. The minimum Gasteiger partial charge on any atom is -0.494 e. The first-order valence-electron chi connectivity index (χ1n) is 8.22. The molecule has 0 aliphatic carbocycles. The molecule has 132 valence electrons. The van der Waals surface area contributed by atoms with Crippen molar-refractivity contribution >= 4 is 11.8 Å². The average molecular weight is 342 g/mol. The Morgan fingerprint density at radius 1 is 0.960 bits per heavy atom. The Labute approximate surface area is 147 Å². The van der Waals surface area contributed by atoms with E-state index in [-0.39, 0.29) is 12.4 Å². The molecule has 1 unspecified atom stereocenters. The predicted octanol–water partition coefficient (Wildman–Crippen LogP) is 3.11. The lowest BCUT2D eigenvalue weighted by molar-refractivity contribution is -0.166. The Bertz CT molecular complexity index is 709. The summed E-state index contributed by atoms with van der Waals surface area (Å²) in [6.45, 7) is 4.13. The molecule has 5 heteroatoms. The van der Waals surface area contributed by atoms with Gasteiger partial charge in [-0.05, 0) is 31.5 Å². The van der Waals surface area contributed by atoms with Gasteiger partial charge < -0.3 is 14.6 Å². The van der Waals surface area contributed by atoms with E-state index in [1.54, 1.807) is 61.5 Å². The molecule has 2 aromatic carbocycles. The van der Waals surface area contributed by atoms with Gasteiger partial charge in [0.05, 0.1) is 19.6 Å². The van der Waals surface area contributed by atoms with Gasteiger partial charge in [0.1, 0.15) is 5.75 Å². The molecule has 2 rings (SSSR count). The summed E-state index contributed by atoms with van der Waals surface area (Å²) >= 11 is 0. The van der Waals surface area contributed by atoms with Gasteiger partial charge in [0.25, 0.3) is 0 Å². The molecule has 0 aliphatic rings. The molecule has 0 bridgehead atoms. The van der Waals surface area contributed by atoms with Gasteiger partial charge in [-0.1, -0.05) is 42.5 Å². The lowest BCUT2D eigenvalue weighted by atomic mass is 9.87. The maximum Gasteiger partial charge on any atom is 0.343 e. The van der Waals surface area contributed by atoms with Crippen molar-refractivity contribution in [2.24, 2.45) is 0 Å². The van der Waals surface area contributed by atoms with Gasteiger partial charge in [0.15, 0.2) is 11.4 Å². The van der Waals surface area contributed by atoms with Crippen LogP contribution in [-0.2, 0) is 15.1 Å². The van der Waals surface area contributed by atoms with E-state index >= 15 is 0 Å². The number of esters is 1. The van der Waals surface area contributed by atoms with Gasteiger partial charge >= 0.3 is 5.97 Å². The molecule has 1 N–H and O–H groups in total. The molecule has 0 fully saturated rings. The van der Waals surface area contributed by atoms with Crippen molar-refractivity contribution in [3.63, 3.8) is 0 Å². The van der Waals surface area contributed by atoms with Crippen LogP contribution in [0.15, 0.2) is 54.6 Å². The van der Waals surface area contributed by atoms with E-state index in [1.165, 1.54) is 0 Å². The summed E-state index contributed by atoms with van der Waals surface area (Å²) in [6, 6.07) is 15.0. The van der Waals surface area contributed by atoms with Crippen LogP contribution in [0.25, 0.3) is 0 Å². The first-order chi connectivity index (χ1) is 12.0. The number of hydrogen-bond donors (Lipinski definition) is 1. The second kappa shape index (κ2) is 8.44. The summed E-state index contributed by atoms with van der Waals surface area (Å²) in [5.41, 5.74) is -1.33. The summed E-state index contributed by atoms with van der Waals surface area (Å²) in [7, 11) is 0. The smallest absolute Gasteiger partial charge is 0.343 e. The van der Waals surface area contributed by atoms with Crippen LogP contribution in [0, 0.1) is 0 Å². The van der Waals surface area contributed by atoms with Crippen LogP contribution in [0.1, 0.15) is 36.2 Å². The highest BCUT2D eigenvalue weighted by atomic mass is 16.5. The zero-order chi connectivity index (χ0) is 18.3. The first-order valence-corrected chi connectivity index (χ1v) is 8.22. The monoisotopic (exact) mass is 342 g/mol. The third kappa shape index (κ3) is 4.45. The van der Waals surface area contributed by atoms with Crippen LogP contribution in [-0.4, -0.2) is 30.1 Å². The van der Waals surface area contributed by atoms with Crippen molar-refractivity contribution < 1.29 is 24.2 Å². The van der Waals surface area contributed by atoms with Crippen molar-refractivity contribution in [2.45, 2.75) is 25.9 Å². The van der Waals surface area contributed by atoms with E-state index in [2.05, 4.69) is 0 Å². The molecule has 0 aromatic heterocycles. The summed E-state index contributed by atoms with van der Waals surface area (Å²) < 4.78 is 10.4. The molecule has 5 nitrogen and oxygen atoms in total. The topological polar surface area (TPSA) is 72.8 Å². The van der Waals surface area contributed by atoms with Gasteiger partial charge in [-0.2, -0.15) is 0 Å². The highest BCUT2D eigenvalue weighted by Gasteiger charge is 2.41. The van der Waals surface area contributed by atoms with Crippen LogP contribution in [0.5, 0.6) is 5.75 Å². The zero-order valence-electron chi connectivity index (χ0n) is 14.4. The standard InChI is InChI=1S/C20H22O5/c1-3-24-17-12-10-16(11-13-17)20(23,19(22)25-4-2)14-18(21)15-8-6-5-7-9-15/h5-13,23H,3-4,14H2,1-2H3. The molecule has 0 saturated heterocycles. The minimum absolute atomic E-state index is 0.109. The zero-order valence-corrected chi connectivity index (χ0v) is 14.4. The summed E-state index contributed by atoms with van der Waals surface area (Å²) in [4.78, 5) is 24.9. The van der Waals surface area contributed by atoms with Gasteiger partial charge in [-0.25, -0.2) is 4.79 Å². The molecule has 0 amide bonds. The molecule has 2 aromatic rings. The summed E-state index contributed by atoms with van der Waals surface area (Å²) in [5.74, 6) is -0.569. The number of benzene rings is 2. The van der Waals surface area contributed by atoms with E-state index in [4.69, 9.17) is 9.47 Å². The maximum atomic E-state index is 12.5. The lowest BCUT2D eigenvalue weighted by Crippen LogP contribution is -2.39. The van der Waals surface area contributed by atoms with Gasteiger partial charge in [0, 0.05) is 5.56 Å². The minimum atomic E-state index is -2.05. The van der Waals surface area contributed by atoms with E-state index in [0.29, 0.717) is 23.5 Å². The van der Waals surface area contributed by atoms with Gasteiger partial charge in [-0.15, -0.1) is 0 Å². The van der Waals surface area contributed by atoms with Crippen molar-refractivity contribution in [2.75, 3.05) is 13.2 Å². The number of ketones is 1. The molecule has 0 spiro atoms. The number of rotatable bonds is 8. The fraction of sp³-hybridized carbons (Fsp3) is 0.300. The van der Waals surface area contributed by atoms with Gasteiger partial charge in [0.2, 0.25) is 0 Å². The van der Waals surface area contributed by atoms with E-state index in [0.717, 1.165) is 0 Å². The highest BCUT2D eigenvalue weighted by Crippen LogP contribution is 2.30. The Kier molecular flexibility index (Phi) is 6.31. The van der Waals surface area contributed by atoms with E-state index < -0.39 is 18.0 Å². The fourth-order valence-electron chi connectivity index (χ4n) is 2.49. The molecule has 0 radical (unpaired) electrons. The average Bonchev–Trinajstić information content (AvgIpc) is 2.63. The second-order valence-corrected chi connectivity index (χ2v) is 5.50. The molecular weight excluding hydrogens is 320 g/mol. The van der Waals surface area contributed by atoms with E-state index in [9.17, 15) is 14.7 Å². The number of aliphatic hydroxyl groups is 1. The maximum absolute atomic E-state index is 12.5. The van der Waals surface area contributed by atoms with Crippen LogP contribution >= 0.6 is 0 Å². The lowest BCUT2D eigenvalue weighted by Gasteiger charge is -2.26. The molecular formula is C20H22O5. The summed E-state index contributed by atoms with van der Waals surface area (Å²) in [6.07, 6.45) is -0.399. The normalized spacial score (nSPS) is 12.9. The van der Waals surface area contributed by atoms with Crippen molar-refractivity contribution in [3.8, 4) is 5.75 Å². The second-order valence-electron chi connectivity index (χ2n) is 5.50. The van der Waals surface area contributed by atoms with Crippen molar-refractivity contribution in [1.29, 1.82) is 0 Å². The van der Waals surface area contributed by atoms with Crippen molar-refractivity contribution in [3.05, 3.63) is 65.7 Å². The van der Waals surface area contributed by atoms with Crippen molar-refractivity contribution in [1.82, 2.24) is 0 Å². The number of carbonyl (C=O) groups is 2. The molecule has 0 heterocycles. The SMILES string of the molecule is CCOC(=O)C(O)(CC(=O)c1ccccc1)c1ccc(OCC)cc1. The third-order valence-corrected chi connectivity index (χ3v) is 3.77. The third-order valence-electron chi connectivity index (χ3n) is 3.77. The number of hydrogen-bond acceptors (Lipinski definition) is 5. The molecule has 0 aliphatic heterocycles. The highest BCUT2D eigenvalue weighted by molar-refractivity contribution is 6.00. The van der Waals surface area contributed by atoms with Crippen LogP contribution in [0.2, 0.25) is 0 Å². The molecule has 1 atom stereocenters.